The third-order valence-electron chi connectivity index (χ3n) is 3.82. The molecule has 0 saturated heterocycles. The van der Waals surface area contributed by atoms with Crippen LogP contribution in [0.1, 0.15) is 28.4 Å². The maximum Gasteiger partial charge on any atom is 0.414 e. The highest BCUT2D eigenvalue weighted by Gasteiger charge is 2.19. The molecule has 0 radical (unpaired) electrons. The highest BCUT2D eigenvalue weighted by Crippen LogP contribution is 2.25. The number of hydrogen-bond donors (Lipinski definition) is 4. The van der Waals surface area contributed by atoms with Gasteiger partial charge in [-0.15, -0.1) is 0 Å². The second-order valence-corrected chi connectivity index (χ2v) is 5.97. The lowest BCUT2D eigenvalue weighted by Crippen LogP contribution is -2.32. The van der Waals surface area contributed by atoms with E-state index in [0.717, 1.165) is 6.08 Å². The largest absolute Gasteiger partial charge is 0.491 e. The molecule has 158 valence electrons. The number of alkyl carbamates (subject to hydrolysis) is 1. The van der Waals surface area contributed by atoms with Gasteiger partial charge in [-0.25, -0.2) is 10.3 Å². The van der Waals surface area contributed by atoms with Gasteiger partial charge in [0, 0.05) is 18.1 Å². The summed E-state index contributed by atoms with van der Waals surface area (Å²) in [6.07, 6.45) is 0.757. The molecule has 30 heavy (non-hydrogen) atoms. The Balaban J connectivity index is 2.12. The summed E-state index contributed by atoms with van der Waals surface area (Å²) in [5.74, 6) is -0.903. The summed E-state index contributed by atoms with van der Waals surface area (Å²) in [4.78, 5) is 35.6. The van der Waals surface area contributed by atoms with Crippen molar-refractivity contribution in [2.45, 2.75) is 12.5 Å². The first kappa shape index (κ1) is 22.6. The molecule has 0 unspecified atom stereocenters. The molecule has 3 amide bonds. The predicted octanol–water partition coefficient (Wildman–Crippen LogP) is 2.12. The molecular weight excluding hydrogens is 392 g/mol. The standard InChI is InChI=1S/C21H22N2O7/c24-12-13-29-17-9-4-8-16(14-17)18(10-5-11-19(25)23-28)30-21(27)22-20(26)15-6-2-1-3-7-15/h1-9,11,14,18,24,28H,10,12-13H2,(H,23,25)(H,22,26,27)/b11-5+/t18-/m0/s1. The van der Waals surface area contributed by atoms with Crippen LogP contribution in [0.25, 0.3) is 0 Å². The first-order valence-corrected chi connectivity index (χ1v) is 9.04. The van der Waals surface area contributed by atoms with E-state index in [0.29, 0.717) is 16.9 Å². The minimum Gasteiger partial charge on any atom is -0.491 e. The smallest absolute Gasteiger partial charge is 0.414 e. The second-order valence-electron chi connectivity index (χ2n) is 5.97. The molecule has 2 rings (SSSR count). The van der Waals surface area contributed by atoms with Crippen LogP contribution in [0.5, 0.6) is 5.75 Å². The van der Waals surface area contributed by atoms with Crippen LogP contribution >= 0.6 is 0 Å². The first-order chi connectivity index (χ1) is 14.5. The lowest BCUT2D eigenvalue weighted by molar-refractivity contribution is -0.124. The Bertz CT molecular complexity index is 884. The number of amides is 3. The predicted molar refractivity (Wildman–Crippen MR) is 106 cm³/mol. The zero-order valence-corrected chi connectivity index (χ0v) is 16.0. The van der Waals surface area contributed by atoms with E-state index in [9.17, 15) is 14.4 Å². The summed E-state index contributed by atoms with van der Waals surface area (Å²) in [5, 5.41) is 19.6. The Kier molecular flexibility index (Phi) is 9.04. The number of imide groups is 1. The molecule has 0 heterocycles. The van der Waals surface area contributed by atoms with Crippen molar-refractivity contribution in [1.29, 1.82) is 0 Å². The van der Waals surface area contributed by atoms with Crippen LogP contribution in [0, 0.1) is 0 Å². The number of aliphatic hydroxyl groups excluding tert-OH is 1. The van der Waals surface area contributed by atoms with E-state index in [-0.39, 0.29) is 19.6 Å². The van der Waals surface area contributed by atoms with Crippen molar-refractivity contribution < 1.29 is 34.2 Å². The van der Waals surface area contributed by atoms with E-state index in [1.165, 1.54) is 11.6 Å². The minimum absolute atomic E-state index is 0.0871. The van der Waals surface area contributed by atoms with E-state index in [1.54, 1.807) is 54.6 Å². The average molecular weight is 414 g/mol. The van der Waals surface area contributed by atoms with Crippen molar-refractivity contribution in [2.24, 2.45) is 0 Å². The molecule has 0 aliphatic carbocycles. The van der Waals surface area contributed by atoms with Gasteiger partial charge < -0.3 is 14.6 Å². The number of hydrogen-bond acceptors (Lipinski definition) is 7. The zero-order chi connectivity index (χ0) is 21.8. The number of carbonyl (C=O) groups excluding carboxylic acids is 3. The molecule has 0 fully saturated rings. The van der Waals surface area contributed by atoms with E-state index < -0.39 is 24.0 Å². The lowest BCUT2D eigenvalue weighted by atomic mass is 10.1. The molecule has 0 saturated carbocycles. The van der Waals surface area contributed by atoms with E-state index in [1.807, 2.05) is 0 Å². The molecule has 0 spiro atoms. The SMILES string of the molecule is O=C(/C=C/C[C@H](OC(=O)NC(=O)c1ccccc1)c1cccc(OCCO)c1)NO. The monoisotopic (exact) mass is 414 g/mol. The maximum absolute atomic E-state index is 12.3. The third-order valence-corrected chi connectivity index (χ3v) is 3.82. The van der Waals surface area contributed by atoms with Gasteiger partial charge in [0.25, 0.3) is 11.8 Å². The number of aliphatic hydroxyl groups is 1. The number of nitrogens with one attached hydrogen (secondary N) is 2. The van der Waals surface area contributed by atoms with Crippen molar-refractivity contribution in [3.8, 4) is 5.75 Å². The zero-order valence-electron chi connectivity index (χ0n) is 16.0. The average Bonchev–Trinajstić information content (AvgIpc) is 2.77. The lowest BCUT2D eigenvalue weighted by Gasteiger charge is -2.18. The molecule has 9 heteroatoms. The van der Waals surface area contributed by atoms with Crippen LogP contribution in [0.3, 0.4) is 0 Å². The molecule has 2 aromatic carbocycles. The van der Waals surface area contributed by atoms with Gasteiger partial charge in [-0.05, 0) is 29.8 Å². The maximum atomic E-state index is 12.3. The van der Waals surface area contributed by atoms with Crippen LogP contribution in [0.15, 0.2) is 66.7 Å². The number of carbonyl (C=O) groups is 3. The van der Waals surface area contributed by atoms with Gasteiger partial charge in [0.1, 0.15) is 18.5 Å². The Morgan fingerprint density at radius 1 is 1.07 bits per heavy atom. The highest BCUT2D eigenvalue weighted by molar-refractivity contribution is 6.02. The molecule has 0 aliphatic heterocycles. The van der Waals surface area contributed by atoms with Gasteiger partial charge in [-0.2, -0.15) is 0 Å². The molecule has 2 aromatic rings. The van der Waals surface area contributed by atoms with Gasteiger partial charge in [-0.1, -0.05) is 36.4 Å². The van der Waals surface area contributed by atoms with Crippen molar-refractivity contribution in [3.63, 3.8) is 0 Å². The molecule has 9 nitrogen and oxygen atoms in total. The number of rotatable bonds is 9. The Hall–Kier alpha value is -3.69. The molecule has 1 atom stereocenters. The van der Waals surface area contributed by atoms with Gasteiger partial charge >= 0.3 is 6.09 Å². The Morgan fingerprint density at radius 2 is 1.83 bits per heavy atom. The minimum atomic E-state index is -0.962. The molecule has 0 bridgehead atoms. The molecule has 0 aromatic heterocycles. The van der Waals surface area contributed by atoms with Crippen molar-refractivity contribution in [3.05, 3.63) is 77.9 Å². The highest BCUT2D eigenvalue weighted by atomic mass is 16.6. The fraction of sp³-hybridized carbons (Fsp3) is 0.190. The third kappa shape index (κ3) is 7.38. The molecular formula is C21H22N2O7. The second kappa shape index (κ2) is 12.0. The Labute approximate surface area is 172 Å². The summed E-state index contributed by atoms with van der Waals surface area (Å²) >= 11 is 0. The summed E-state index contributed by atoms with van der Waals surface area (Å²) in [6, 6.07) is 14.8. The summed E-state index contributed by atoms with van der Waals surface area (Å²) < 4.78 is 10.7. The topological polar surface area (TPSA) is 134 Å². The van der Waals surface area contributed by atoms with Gasteiger partial charge in [0.2, 0.25) is 0 Å². The van der Waals surface area contributed by atoms with Gasteiger partial charge in [0.15, 0.2) is 0 Å². The summed E-state index contributed by atoms with van der Waals surface area (Å²) in [7, 11) is 0. The molecule has 4 N–H and O–H groups in total. The van der Waals surface area contributed by atoms with Crippen LogP contribution in [0.2, 0.25) is 0 Å². The first-order valence-electron chi connectivity index (χ1n) is 9.04. The number of ether oxygens (including phenoxy) is 2. The quantitative estimate of drug-likeness (QED) is 0.280. The molecule has 0 aliphatic rings. The van der Waals surface area contributed by atoms with Crippen LogP contribution in [-0.2, 0) is 9.53 Å². The summed E-state index contributed by atoms with van der Waals surface area (Å²) in [5.41, 5.74) is 2.30. The van der Waals surface area contributed by atoms with Crippen LogP contribution in [-0.4, -0.2) is 41.4 Å². The van der Waals surface area contributed by atoms with Crippen LogP contribution in [0.4, 0.5) is 4.79 Å². The van der Waals surface area contributed by atoms with Crippen molar-refractivity contribution in [1.82, 2.24) is 10.8 Å². The number of benzene rings is 2. The van der Waals surface area contributed by atoms with E-state index >= 15 is 0 Å². The van der Waals surface area contributed by atoms with Crippen molar-refractivity contribution in [2.75, 3.05) is 13.2 Å². The van der Waals surface area contributed by atoms with Gasteiger partial charge in [0.05, 0.1) is 6.61 Å². The van der Waals surface area contributed by atoms with Crippen LogP contribution < -0.4 is 15.5 Å². The van der Waals surface area contributed by atoms with E-state index in [4.69, 9.17) is 19.8 Å². The fourth-order valence-electron chi connectivity index (χ4n) is 2.47. The van der Waals surface area contributed by atoms with Crippen molar-refractivity contribution >= 4 is 17.9 Å². The fourth-order valence-corrected chi connectivity index (χ4v) is 2.47. The summed E-state index contributed by atoms with van der Waals surface area (Å²) in [6.45, 7) is -0.0647. The Morgan fingerprint density at radius 3 is 2.53 bits per heavy atom. The number of hydroxylamine groups is 1. The van der Waals surface area contributed by atoms with Gasteiger partial charge in [-0.3, -0.25) is 20.1 Å². The van der Waals surface area contributed by atoms with E-state index in [2.05, 4.69) is 5.32 Å². The normalized spacial score (nSPS) is 11.5.